The lowest BCUT2D eigenvalue weighted by atomic mass is 9.97. The number of nitrogens with one attached hydrogen (secondary N) is 1. The van der Waals surface area contributed by atoms with Crippen molar-refractivity contribution in [3.8, 4) is 10.6 Å². The lowest BCUT2D eigenvalue weighted by Crippen LogP contribution is -2.43. The fourth-order valence-electron chi connectivity index (χ4n) is 3.00. The molecule has 6 nitrogen and oxygen atoms in total. The van der Waals surface area contributed by atoms with E-state index in [4.69, 9.17) is 0 Å². The molecule has 1 fully saturated rings. The molecule has 1 aromatic carbocycles. The van der Waals surface area contributed by atoms with Gasteiger partial charge >= 0.3 is 0 Å². The Morgan fingerprint density at radius 2 is 1.96 bits per heavy atom. The van der Waals surface area contributed by atoms with Crippen LogP contribution in [0.15, 0.2) is 35.7 Å². The van der Waals surface area contributed by atoms with E-state index >= 15 is 0 Å². The molecule has 0 aliphatic carbocycles. The third-order valence-electron chi connectivity index (χ3n) is 4.60. The molecule has 1 saturated heterocycles. The number of carbonyl (C=O) groups excluding carboxylic acids is 1. The second kappa shape index (κ2) is 8.28. The van der Waals surface area contributed by atoms with Gasteiger partial charge in [-0.1, -0.05) is 30.3 Å². The molecule has 0 spiro atoms. The average molecular weight is 394 g/mol. The van der Waals surface area contributed by atoms with Crippen LogP contribution in [0.4, 0.5) is 0 Å². The van der Waals surface area contributed by atoms with Crippen LogP contribution in [-0.2, 0) is 21.4 Å². The second-order valence-corrected chi connectivity index (χ2v) is 9.42. The van der Waals surface area contributed by atoms with Gasteiger partial charge in [0.05, 0.1) is 18.0 Å². The Balaban J connectivity index is 1.50. The van der Waals surface area contributed by atoms with E-state index in [1.54, 1.807) is 18.3 Å². The van der Waals surface area contributed by atoms with Gasteiger partial charge in [0.15, 0.2) is 0 Å². The Morgan fingerprint density at radius 3 is 2.62 bits per heavy atom. The van der Waals surface area contributed by atoms with Crippen molar-refractivity contribution in [3.63, 3.8) is 0 Å². The Kier molecular flexibility index (Phi) is 6.05. The molecule has 0 bridgehead atoms. The molecule has 1 aliphatic rings. The van der Waals surface area contributed by atoms with Gasteiger partial charge < -0.3 is 5.32 Å². The molecule has 2 aromatic rings. The van der Waals surface area contributed by atoms with Crippen LogP contribution in [0.2, 0.25) is 0 Å². The van der Waals surface area contributed by atoms with Gasteiger partial charge in [0, 0.05) is 30.0 Å². The molecule has 0 saturated carbocycles. The van der Waals surface area contributed by atoms with E-state index in [2.05, 4.69) is 10.3 Å². The lowest BCUT2D eigenvalue weighted by Gasteiger charge is -2.30. The first-order valence-electron chi connectivity index (χ1n) is 8.75. The quantitative estimate of drug-likeness (QED) is 0.818. The SMILES string of the molecule is CCS(=O)(=O)N1CCC(C(=O)NCc2csc(-c3ccccc3)n2)CC1. The van der Waals surface area contributed by atoms with Gasteiger partial charge in [-0.05, 0) is 19.8 Å². The summed E-state index contributed by atoms with van der Waals surface area (Å²) in [4.78, 5) is 16.9. The van der Waals surface area contributed by atoms with Crippen molar-refractivity contribution in [3.05, 3.63) is 41.4 Å². The van der Waals surface area contributed by atoms with E-state index in [9.17, 15) is 13.2 Å². The van der Waals surface area contributed by atoms with Crippen LogP contribution in [0.5, 0.6) is 0 Å². The molecule has 26 heavy (non-hydrogen) atoms. The lowest BCUT2D eigenvalue weighted by molar-refractivity contribution is -0.126. The first kappa shape index (κ1) is 19.0. The summed E-state index contributed by atoms with van der Waals surface area (Å²) in [5, 5.41) is 5.83. The van der Waals surface area contributed by atoms with Crippen LogP contribution in [-0.4, -0.2) is 42.5 Å². The fraction of sp³-hybridized carbons (Fsp3) is 0.444. The summed E-state index contributed by atoms with van der Waals surface area (Å²) >= 11 is 1.56. The number of rotatable bonds is 6. The first-order valence-corrected chi connectivity index (χ1v) is 11.2. The number of hydrogen-bond donors (Lipinski definition) is 1. The summed E-state index contributed by atoms with van der Waals surface area (Å²) in [5.74, 6) is -0.0457. The van der Waals surface area contributed by atoms with Crippen molar-refractivity contribution in [1.29, 1.82) is 0 Å². The minimum atomic E-state index is -3.16. The van der Waals surface area contributed by atoms with Crippen molar-refractivity contribution in [1.82, 2.24) is 14.6 Å². The number of hydrogen-bond acceptors (Lipinski definition) is 5. The van der Waals surface area contributed by atoms with Gasteiger partial charge in [-0.2, -0.15) is 0 Å². The van der Waals surface area contributed by atoms with Gasteiger partial charge in [0.2, 0.25) is 15.9 Å². The Morgan fingerprint density at radius 1 is 1.27 bits per heavy atom. The summed E-state index contributed by atoms with van der Waals surface area (Å²) in [6.45, 7) is 2.88. The summed E-state index contributed by atoms with van der Waals surface area (Å²) in [5.41, 5.74) is 1.91. The largest absolute Gasteiger partial charge is 0.350 e. The average Bonchev–Trinajstić information content (AvgIpc) is 3.16. The Labute approximate surface area is 158 Å². The number of benzene rings is 1. The number of thiazole rings is 1. The van der Waals surface area contributed by atoms with E-state index in [1.807, 2.05) is 35.7 Å². The molecule has 3 rings (SSSR count). The fourth-order valence-corrected chi connectivity index (χ4v) is 4.96. The highest BCUT2D eigenvalue weighted by molar-refractivity contribution is 7.89. The third-order valence-corrected chi connectivity index (χ3v) is 7.42. The van der Waals surface area contributed by atoms with Crippen LogP contribution < -0.4 is 5.32 Å². The van der Waals surface area contributed by atoms with Gasteiger partial charge in [-0.3, -0.25) is 4.79 Å². The molecule has 1 amide bonds. The van der Waals surface area contributed by atoms with Crippen molar-refractivity contribution >= 4 is 27.3 Å². The van der Waals surface area contributed by atoms with Crippen molar-refractivity contribution in [2.75, 3.05) is 18.8 Å². The van der Waals surface area contributed by atoms with Crippen LogP contribution in [0.25, 0.3) is 10.6 Å². The number of sulfonamides is 1. The maximum atomic E-state index is 12.4. The number of piperidine rings is 1. The Bertz CT molecular complexity index is 842. The summed E-state index contributed by atoms with van der Waals surface area (Å²) < 4.78 is 25.2. The topological polar surface area (TPSA) is 79.4 Å². The molecule has 140 valence electrons. The van der Waals surface area contributed by atoms with Gasteiger partial charge in [0.25, 0.3) is 0 Å². The highest BCUT2D eigenvalue weighted by atomic mass is 32.2. The highest BCUT2D eigenvalue weighted by Crippen LogP contribution is 2.24. The van der Waals surface area contributed by atoms with Gasteiger partial charge in [-0.15, -0.1) is 11.3 Å². The predicted molar refractivity (Wildman–Crippen MR) is 103 cm³/mol. The highest BCUT2D eigenvalue weighted by Gasteiger charge is 2.30. The minimum absolute atomic E-state index is 0.0205. The van der Waals surface area contributed by atoms with E-state index in [1.165, 1.54) is 4.31 Å². The monoisotopic (exact) mass is 393 g/mol. The minimum Gasteiger partial charge on any atom is -0.350 e. The van der Waals surface area contributed by atoms with Gasteiger partial charge in [0.1, 0.15) is 5.01 Å². The Hall–Kier alpha value is -1.77. The predicted octanol–water partition coefficient (Wildman–Crippen LogP) is 2.49. The van der Waals surface area contributed by atoms with E-state index in [0.717, 1.165) is 16.3 Å². The number of carbonyl (C=O) groups is 1. The molecular formula is C18H23N3O3S2. The van der Waals surface area contributed by atoms with Crippen LogP contribution in [0.3, 0.4) is 0 Å². The second-order valence-electron chi connectivity index (χ2n) is 6.30. The molecule has 0 unspecified atom stereocenters. The molecule has 0 atom stereocenters. The van der Waals surface area contributed by atoms with Crippen LogP contribution in [0, 0.1) is 5.92 Å². The maximum absolute atomic E-state index is 12.4. The van der Waals surface area contributed by atoms with Gasteiger partial charge in [-0.25, -0.2) is 17.7 Å². The van der Waals surface area contributed by atoms with Crippen LogP contribution >= 0.6 is 11.3 Å². The zero-order chi connectivity index (χ0) is 18.6. The molecule has 2 heterocycles. The molecular weight excluding hydrogens is 370 g/mol. The first-order chi connectivity index (χ1) is 12.5. The number of nitrogens with zero attached hydrogens (tertiary/aromatic N) is 2. The summed E-state index contributed by atoms with van der Waals surface area (Å²) in [6.07, 6.45) is 1.13. The standard InChI is InChI=1S/C18H23N3O3S2/c1-2-26(23,24)21-10-8-14(9-11-21)17(22)19-12-16-13-25-18(20-16)15-6-4-3-5-7-15/h3-7,13-14H,2,8-12H2,1H3,(H,19,22). The molecule has 1 aliphatic heterocycles. The zero-order valence-corrected chi connectivity index (χ0v) is 16.4. The third kappa shape index (κ3) is 4.49. The zero-order valence-electron chi connectivity index (χ0n) is 14.7. The smallest absolute Gasteiger partial charge is 0.223 e. The van der Waals surface area contributed by atoms with E-state index < -0.39 is 10.0 Å². The van der Waals surface area contributed by atoms with Crippen molar-refractivity contribution in [2.45, 2.75) is 26.3 Å². The summed E-state index contributed by atoms with van der Waals surface area (Å²) in [7, 11) is -3.16. The summed E-state index contributed by atoms with van der Waals surface area (Å²) in [6, 6.07) is 9.94. The maximum Gasteiger partial charge on any atom is 0.223 e. The number of aromatic nitrogens is 1. The van der Waals surface area contributed by atoms with E-state index in [0.29, 0.717) is 32.5 Å². The molecule has 1 N–H and O–H groups in total. The molecule has 1 aromatic heterocycles. The normalized spacial score (nSPS) is 16.5. The number of amides is 1. The molecule has 8 heteroatoms. The van der Waals surface area contributed by atoms with Crippen molar-refractivity contribution in [2.24, 2.45) is 5.92 Å². The molecule has 0 radical (unpaired) electrons. The van der Waals surface area contributed by atoms with E-state index in [-0.39, 0.29) is 17.6 Å². The van der Waals surface area contributed by atoms with Crippen molar-refractivity contribution < 1.29 is 13.2 Å². The van der Waals surface area contributed by atoms with Crippen LogP contribution in [0.1, 0.15) is 25.5 Å².